The highest BCUT2D eigenvalue weighted by atomic mass is 35.5. The Balaban J connectivity index is 2.54. The summed E-state index contributed by atoms with van der Waals surface area (Å²) in [5.41, 5.74) is 0.870. The average Bonchev–Trinajstić information content (AvgIpc) is 2.78. The highest BCUT2D eigenvalue weighted by molar-refractivity contribution is 7.89. The quantitative estimate of drug-likeness (QED) is 0.838. The number of hydrogen-bond donors (Lipinski definition) is 1. The average molecular weight is 361 g/mol. The maximum Gasteiger partial charge on any atom is 0.318 e. The fourth-order valence-electron chi connectivity index (χ4n) is 2.08. The van der Waals surface area contributed by atoms with E-state index in [2.05, 4.69) is 10.1 Å². The number of fused-ring (bicyclic) bond motifs is 1. The maximum atomic E-state index is 12.8. The number of rotatable bonds is 6. The third-order valence-corrected chi connectivity index (χ3v) is 5.89. The molecule has 0 radical (unpaired) electrons. The van der Waals surface area contributed by atoms with Crippen LogP contribution in [0.2, 0.25) is 5.02 Å². The van der Waals surface area contributed by atoms with E-state index in [9.17, 15) is 13.2 Å². The van der Waals surface area contributed by atoms with Crippen LogP contribution in [0.25, 0.3) is 5.65 Å². The summed E-state index contributed by atoms with van der Waals surface area (Å²) < 4.78 is 27.7. The van der Waals surface area contributed by atoms with Gasteiger partial charge in [0.2, 0.25) is 10.0 Å². The van der Waals surface area contributed by atoms with Crippen molar-refractivity contribution in [2.45, 2.75) is 38.1 Å². The Labute approximate surface area is 138 Å². The van der Waals surface area contributed by atoms with Gasteiger partial charge in [-0.2, -0.15) is 9.40 Å². The second-order valence-corrected chi connectivity index (χ2v) is 7.43. The van der Waals surface area contributed by atoms with Crippen molar-refractivity contribution in [2.24, 2.45) is 0 Å². The Kier molecular flexibility index (Phi) is 4.92. The Hall–Kier alpha value is -1.71. The van der Waals surface area contributed by atoms with Gasteiger partial charge in [-0.05, 0) is 20.3 Å². The molecule has 0 aliphatic heterocycles. The molecule has 10 heteroatoms. The number of halogens is 1. The SMILES string of the molecule is CCC(C)N(CC(=O)O)S(=O)(=O)c1cnc2c(Cl)c(C)nn2c1. The van der Waals surface area contributed by atoms with E-state index < -0.39 is 28.6 Å². The summed E-state index contributed by atoms with van der Waals surface area (Å²) in [6.07, 6.45) is 2.93. The van der Waals surface area contributed by atoms with Crippen LogP contribution in [0, 0.1) is 6.92 Å². The van der Waals surface area contributed by atoms with E-state index in [4.69, 9.17) is 16.7 Å². The first-order chi connectivity index (χ1) is 10.7. The molecule has 126 valence electrons. The summed E-state index contributed by atoms with van der Waals surface area (Å²) in [6, 6.07) is -0.463. The molecular formula is C13H17ClN4O4S. The molecule has 0 aromatic carbocycles. The van der Waals surface area contributed by atoms with Crippen LogP contribution < -0.4 is 0 Å². The van der Waals surface area contributed by atoms with Crippen LogP contribution in [-0.2, 0) is 14.8 Å². The van der Waals surface area contributed by atoms with Gasteiger partial charge >= 0.3 is 5.97 Å². The number of carbonyl (C=O) groups is 1. The summed E-state index contributed by atoms with van der Waals surface area (Å²) in [6.45, 7) is 4.50. The summed E-state index contributed by atoms with van der Waals surface area (Å²) in [5.74, 6) is -1.22. The predicted octanol–water partition coefficient (Wildman–Crippen LogP) is 1.56. The monoisotopic (exact) mass is 360 g/mol. The summed E-state index contributed by atoms with van der Waals surface area (Å²) in [7, 11) is -4.02. The van der Waals surface area contributed by atoms with Gasteiger partial charge in [0.1, 0.15) is 16.5 Å². The summed E-state index contributed by atoms with van der Waals surface area (Å²) >= 11 is 6.03. The van der Waals surface area contributed by atoms with E-state index in [-0.39, 0.29) is 4.90 Å². The molecule has 23 heavy (non-hydrogen) atoms. The van der Waals surface area contributed by atoms with E-state index in [0.29, 0.717) is 22.8 Å². The summed E-state index contributed by atoms with van der Waals surface area (Å²) in [4.78, 5) is 14.9. The van der Waals surface area contributed by atoms with Gasteiger partial charge in [0, 0.05) is 6.04 Å². The molecule has 8 nitrogen and oxygen atoms in total. The van der Waals surface area contributed by atoms with Crippen LogP contribution in [-0.4, -0.2) is 51.0 Å². The molecule has 0 spiro atoms. The van der Waals surface area contributed by atoms with Gasteiger partial charge in [-0.1, -0.05) is 18.5 Å². The molecule has 0 aliphatic rings. The van der Waals surface area contributed by atoms with Gasteiger partial charge in [0.15, 0.2) is 5.65 Å². The molecule has 2 heterocycles. The van der Waals surface area contributed by atoms with Crippen LogP contribution in [0.3, 0.4) is 0 Å². The van der Waals surface area contributed by atoms with E-state index in [0.717, 1.165) is 10.5 Å². The highest BCUT2D eigenvalue weighted by Gasteiger charge is 2.31. The number of aryl methyl sites for hydroxylation is 1. The zero-order valence-electron chi connectivity index (χ0n) is 12.9. The number of aliphatic carboxylic acids is 1. The van der Waals surface area contributed by atoms with E-state index in [1.165, 1.54) is 10.7 Å². The standard InChI is InChI=1S/C13H17ClN4O4S/c1-4-8(2)18(7-11(19)20)23(21,22)10-5-15-13-12(14)9(3)16-17(13)6-10/h5-6,8H,4,7H2,1-3H3,(H,19,20). The van der Waals surface area contributed by atoms with Crippen molar-refractivity contribution in [2.75, 3.05) is 6.54 Å². The molecule has 0 saturated carbocycles. The molecule has 0 fully saturated rings. The van der Waals surface area contributed by atoms with Crippen LogP contribution in [0.15, 0.2) is 17.3 Å². The molecular weight excluding hydrogens is 344 g/mol. The Morgan fingerprint density at radius 3 is 2.74 bits per heavy atom. The van der Waals surface area contributed by atoms with Crippen molar-refractivity contribution in [1.29, 1.82) is 0 Å². The number of hydrogen-bond acceptors (Lipinski definition) is 5. The third-order valence-electron chi connectivity index (χ3n) is 3.53. The van der Waals surface area contributed by atoms with Gasteiger partial charge in [0.25, 0.3) is 0 Å². The van der Waals surface area contributed by atoms with Crippen molar-refractivity contribution >= 4 is 33.2 Å². The molecule has 0 bridgehead atoms. The smallest absolute Gasteiger partial charge is 0.318 e. The zero-order valence-corrected chi connectivity index (χ0v) is 14.5. The van der Waals surface area contributed by atoms with Crippen LogP contribution in [0.1, 0.15) is 26.0 Å². The van der Waals surface area contributed by atoms with Crippen LogP contribution in [0.4, 0.5) is 0 Å². The highest BCUT2D eigenvalue weighted by Crippen LogP contribution is 2.23. The van der Waals surface area contributed by atoms with Crippen molar-refractivity contribution in [1.82, 2.24) is 18.9 Å². The minimum atomic E-state index is -4.02. The molecule has 1 atom stereocenters. The lowest BCUT2D eigenvalue weighted by atomic mass is 10.2. The van der Waals surface area contributed by atoms with Crippen LogP contribution >= 0.6 is 11.6 Å². The fourth-order valence-corrected chi connectivity index (χ4v) is 3.85. The lowest BCUT2D eigenvalue weighted by Crippen LogP contribution is -2.41. The molecule has 0 saturated heterocycles. The Morgan fingerprint density at radius 2 is 2.17 bits per heavy atom. The van der Waals surface area contributed by atoms with E-state index in [1.807, 2.05) is 0 Å². The van der Waals surface area contributed by atoms with Gasteiger partial charge in [-0.3, -0.25) is 4.79 Å². The number of nitrogens with zero attached hydrogens (tertiary/aromatic N) is 4. The fraction of sp³-hybridized carbons (Fsp3) is 0.462. The van der Waals surface area contributed by atoms with E-state index in [1.54, 1.807) is 20.8 Å². The molecule has 1 unspecified atom stereocenters. The Morgan fingerprint density at radius 1 is 1.52 bits per heavy atom. The first-order valence-electron chi connectivity index (χ1n) is 6.92. The number of aromatic nitrogens is 3. The van der Waals surface area contributed by atoms with Gasteiger partial charge in [-0.15, -0.1) is 0 Å². The lowest BCUT2D eigenvalue weighted by molar-refractivity contribution is -0.137. The van der Waals surface area contributed by atoms with Crippen molar-refractivity contribution in [3.05, 3.63) is 23.1 Å². The van der Waals surface area contributed by atoms with E-state index >= 15 is 0 Å². The second kappa shape index (κ2) is 6.42. The topological polar surface area (TPSA) is 105 Å². The molecule has 2 aromatic heterocycles. The molecule has 0 amide bonds. The minimum absolute atomic E-state index is 0.134. The maximum absolute atomic E-state index is 12.8. The zero-order chi connectivity index (χ0) is 17.4. The molecule has 2 rings (SSSR count). The number of carboxylic acids is 1. The van der Waals surface area contributed by atoms with Gasteiger partial charge in [0.05, 0.1) is 18.1 Å². The third kappa shape index (κ3) is 3.31. The van der Waals surface area contributed by atoms with Gasteiger partial charge in [-0.25, -0.2) is 17.9 Å². The van der Waals surface area contributed by atoms with Gasteiger partial charge < -0.3 is 5.11 Å². The second-order valence-electron chi connectivity index (χ2n) is 5.16. The molecule has 2 aromatic rings. The van der Waals surface area contributed by atoms with Crippen LogP contribution in [0.5, 0.6) is 0 Å². The van der Waals surface area contributed by atoms with Crippen molar-refractivity contribution in [3.63, 3.8) is 0 Å². The number of sulfonamides is 1. The molecule has 1 N–H and O–H groups in total. The Bertz CT molecular complexity index is 849. The van der Waals surface area contributed by atoms with Crippen molar-refractivity contribution < 1.29 is 18.3 Å². The largest absolute Gasteiger partial charge is 0.480 e. The minimum Gasteiger partial charge on any atom is -0.480 e. The normalized spacial score (nSPS) is 13.6. The van der Waals surface area contributed by atoms with Crippen molar-refractivity contribution in [3.8, 4) is 0 Å². The first-order valence-corrected chi connectivity index (χ1v) is 8.74. The number of carboxylic acid groups (broad SMARTS) is 1. The first kappa shape index (κ1) is 17.6. The molecule has 0 aliphatic carbocycles. The predicted molar refractivity (Wildman–Crippen MR) is 84.0 cm³/mol. The summed E-state index contributed by atoms with van der Waals surface area (Å²) in [5, 5.41) is 13.4. The lowest BCUT2D eigenvalue weighted by Gasteiger charge is -2.25.